The molecule has 5 heteroatoms. The summed E-state index contributed by atoms with van der Waals surface area (Å²) in [5, 5.41) is 3.48. The van der Waals surface area contributed by atoms with E-state index in [1.807, 2.05) is 6.92 Å². The summed E-state index contributed by atoms with van der Waals surface area (Å²) < 4.78 is 4.42. The van der Waals surface area contributed by atoms with Crippen LogP contribution in [0, 0.1) is 10.5 Å². The number of imidazole rings is 1. The van der Waals surface area contributed by atoms with Crippen LogP contribution in [0.4, 0.5) is 5.95 Å². The van der Waals surface area contributed by atoms with E-state index >= 15 is 0 Å². The first-order valence-corrected chi connectivity index (χ1v) is 7.78. The third-order valence-electron chi connectivity index (χ3n) is 2.90. The Morgan fingerprint density at radius 1 is 1.44 bits per heavy atom. The van der Waals surface area contributed by atoms with Crippen molar-refractivity contribution >= 4 is 44.5 Å². The van der Waals surface area contributed by atoms with Crippen LogP contribution in [-0.2, 0) is 0 Å². The monoisotopic (exact) mass is 417 g/mol. The Balaban J connectivity index is 2.06. The number of aryl methyl sites for hydroxylation is 1. The number of anilines is 1. The van der Waals surface area contributed by atoms with Crippen LogP contribution in [0.1, 0.15) is 18.5 Å². The van der Waals surface area contributed by atoms with Crippen molar-refractivity contribution in [1.82, 2.24) is 9.55 Å². The molecule has 0 aliphatic heterocycles. The summed E-state index contributed by atoms with van der Waals surface area (Å²) in [6.07, 6.45) is 4.57. The van der Waals surface area contributed by atoms with Crippen LogP contribution in [0.25, 0.3) is 5.69 Å². The number of nitrogens with zero attached hydrogens (tertiary/aromatic N) is 2. The van der Waals surface area contributed by atoms with Gasteiger partial charge in [-0.05, 0) is 76.5 Å². The standard InChI is InChI=1S/C13H13BrIN3/c1-8-7-18(13(16-8)17-10-3-4-10)12-6-9(15)2-5-11(12)14/h2,5-7,10H,3-4H2,1H3,(H,16,17). The zero-order valence-electron chi connectivity index (χ0n) is 9.95. The number of hydrogen-bond acceptors (Lipinski definition) is 2. The molecule has 1 heterocycles. The van der Waals surface area contributed by atoms with Gasteiger partial charge in [0, 0.05) is 20.3 Å². The lowest BCUT2D eigenvalue weighted by molar-refractivity contribution is 0.997. The Hall–Kier alpha value is -0.560. The van der Waals surface area contributed by atoms with Gasteiger partial charge in [0.05, 0.1) is 11.4 Å². The summed E-state index contributed by atoms with van der Waals surface area (Å²) in [6.45, 7) is 2.02. The van der Waals surface area contributed by atoms with Gasteiger partial charge in [0.15, 0.2) is 0 Å². The molecular formula is C13H13BrIN3. The highest BCUT2D eigenvalue weighted by Gasteiger charge is 2.23. The lowest BCUT2D eigenvalue weighted by Crippen LogP contribution is -2.08. The van der Waals surface area contributed by atoms with Crippen molar-refractivity contribution in [2.75, 3.05) is 5.32 Å². The Bertz CT molecular complexity index is 590. The van der Waals surface area contributed by atoms with E-state index in [0.717, 1.165) is 21.8 Å². The molecule has 0 atom stereocenters. The number of nitrogens with one attached hydrogen (secondary N) is 1. The SMILES string of the molecule is Cc1cn(-c2cc(I)ccc2Br)c(NC2CC2)n1. The zero-order valence-corrected chi connectivity index (χ0v) is 13.7. The van der Waals surface area contributed by atoms with Gasteiger partial charge >= 0.3 is 0 Å². The molecule has 1 fully saturated rings. The van der Waals surface area contributed by atoms with Crippen molar-refractivity contribution < 1.29 is 0 Å². The van der Waals surface area contributed by atoms with Crippen LogP contribution < -0.4 is 5.32 Å². The van der Waals surface area contributed by atoms with Gasteiger partial charge in [-0.15, -0.1) is 0 Å². The summed E-state index contributed by atoms with van der Waals surface area (Å²) in [7, 11) is 0. The first-order valence-electron chi connectivity index (χ1n) is 5.91. The van der Waals surface area contributed by atoms with Crippen molar-refractivity contribution in [3.63, 3.8) is 0 Å². The van der Waals surface area contributed by atoms with E-state index in [-0.39, 0.29) is 0 Å². The lowest BCUT2D eigenvalue weighted by Gasteiger charge is -2.11. The number of hydrogen-bond donors (Lipinski definition) is 1. The van der Waals surface area contributed by atoms with Crippen LogP contribution in [0.3, 0.4) is 0 Å². The summed E-state index contributed by atoms with van der Waals surface area (Å²) in [6, 6.07) is 6.93. The molecule has 94 valence electrons. The predicted molar refractivity (Wildman–Crippen MR) is 85.4 cm³/mol. The van der Waals surface area contributed by atoms with E-state index in [2.05, 4.69) is 77.8 Å². The Morgan fingerprint density at radius 3 is 2.94 bits per heavy atom. The molecule has 1 aliphatic carbocycles. The molecule has 1 N–H and O–H groups in total. The number of rotatable bonds is 3. The summed E-state index contributed by atoms with van der Waals surface area (Å²) in [5.74, 6) is 0.942. The summed E-state index contributed by atoms with van der Waals surface area (Å²) >= 11 is 5.94. The van der Waals surface area contributed by atoms with Gasteiger partial charge in [-0.1, -0.05) is 0 Å². The molecule has 0 bridgehead atoms. The maximum Gasteiger partial charge on any atom is 0.207 e. The van der Waals surface area contributed by atoms with Gasteiger partial charge in [-0.25, -0.2) is 4.98 Å². The second-order valence-corrected chi connectivity index (χ2v) is 6.69. The van der Waals surface area contributed by atoms with Gasteiger partial charge in [-0.2, -0.15) is 0 Å². The van der Waals surface area contributed by atoms with Gasteiger partial charge in [-0.3, -0.25) is 4.57 Å². The Labute approximate surface area is 128 Å². The first-order chi connectivity index (χ1) is 8.63. The van der Waals surface area contributed by atoms with E-state index in [0.29, 0.717) is 6.04 Å². The highest BCUT2D eigenvalue weighted by atomic mass is 127. The van der Waals surface area contributed by atoms with Crippen molar-refractivity contribution in [3.05, 3.63) is 38.1 Å². The van der Waals surface area contributed by atoms with Crippen molar-refractivity contribution in [3.8, 4) is 5.69 Å². The van der Waals surface area contributed by atoms with Gasteiger partial charge < -0.3 is 5.32 Å². The topological polar surface area (TPSA) is 29.9 Å². The van der Waals surface area contributed by atoms with Crippen LogP contribution >= 0.6 is 38.5 Å². The van der Waals surface area contributed by atoms with Crippen molar-refractivity contribution in [2.45, 2.75) is 25.8 Å². The van der Waals surface area contributed by atoms with Crippen molar-refractivity contribution in [2.24, 2.45) is 0 Å². The predicted octanol–water partition coefficient (Wildman–Crippen LogP) is 4.12. The third-order valence-corrected chi connectivity index (χ3v) is 4.25. The molecule has 0 radical (unpaired) electrons. The normalized spacial score (nSPS) is 14.8. The molecule has 1 saturated carbocycles. The van der Waals surface area contributed by atoms with Crippen LogP contribution in [0.15, 0.2) is 28.9 Å². The minimum atomic E-state index is 0.604. The highest BCUT2D eigenvalue weighted by molar-refractivity contribution is 14.1. The maximum absolute atomic E-state index is 4.57. The molecule has 0 unspecified atom stereocenters. The highest BCUT2D eigenvalue weighted by Crippen LogP contribution is 2.29. The first kappa shape index (κ1) is 12.5. The quantitative estimate of drug-likeness (QED) is 0.761. The molecule has 3 nitrogen and oxygen atoms in total. The molecule has 0 amide bonds. The molecular weight excluding hydrogens is 405 g/mol. The average Bonchev–Trinajstić information content (AvgIpc) is 3.05. The molecule has 0 spiro atoms. The average molecular weight is 418 g/mol. The summed E-state index contributed by atoms with van der Waals surface area (Å²) in [5.41, 5.74) is 2.16. The molecule has 1 aromatic carbocycles. The largest absolute Gasteiger partial charge is 0.353 e. The molecule has 1 aliphatic rings. The van der Waals surface area contributed by atoms with Gasteiger partial charge in [0.2, 0.25) is 5.95 Å². The maximum atomic E-state index is 4.57. The number of aromatic nitrogens is 2. The molecule has 1 aromatic heterocycles. The van der Waals surface area contributed by atoms with E-state index in [4.69, 9.17) is 0 Å². The van der Waals surface area contributed by atoms with E-state index in [1.54, 1.807) is 0 Å². The molecule has 18 heavy (non-hydrogen) atoms. The summed E-state index contributed by atoms with van der Waals surface area (Å²) in [4.78, 5) is 4.57. The second-order valence-electron chi connectivity index (χ2n) is 4.59. The van der Waals surface area contributed by atoms with Crippen LogP contribution in [0.2, 0.25) is 0 Å². The van der Waals surface area contributed by atoms with Gasteiger partial charge in [0.1, 0.15) is 0 Å². The molecule has 2 aromatic rings. The Kier molecular flexibility index (Phi) is 3.36. The fraction of sp³-hybridized carbons (Fsp3) is 0.308. The second kappa shape index (κ2) is 4.85. The van der Waals surface area contributed by atoms with Crippen molar-refractivity contribution in [1.29, 1.82) is 0 Å². The smallest absolute Gasteiger partial charge is 0.207 e. The molecule has 0 saturated heterocycles. The number of benzene rings is 1. The van der Waals surface area contributed by atoms with E-state index in [9.17, 15) is 0 Å². The van der Waals surface area contributed by atoms with E-state index < -0.39 is 0 Å². The fourth-order valence-electron chi connectivity index (χ4n) is 1.86. The van der Waals surface area contributed by atoms with Crippen LogP contribution in [-0.4, -0.2) is 15.6 Å². The molecule has 3 rings (SSSR count). The Morgan fingerprint density at radius 2 is 2.22 bits per heavy atom. The van der Waals surface area contributed by atoms with Crippen LogP contribution in [0.5, 0.6) is 0 Å². The lowest BCUT2D eigenvalue weighted by atomic mass is 10.3. The fourth-order valence-corrected chi connectivity index (χ4v) is 2.78. The van der Waals surface area contributed by atoms with E-state index in [1.165, 1.54) is 16.4 Å². The third kappa shape index (κ3) is 2.56. The minimum Gasteiger partial charge on any atom is -0.353 e. The minimum absolute atomic E-state index is 0.604. The number of halogens is 2. The van der Waals surface area contributed by atoms with Gasteiger partial charge in [0.25, 0.3) is 0 Å². The zero-order chi connectivity index (χ0) is 12.7.